The van der Waals surface area contributed by atoms with Crippen LogP contribution in [-0.4, -0.2) is 24.5 Å². The minimum absolute atomic E-state index is 0.227. The van der Waals surface area contributed by atoms with Gasteiger partial charge in [0.2, 0.25) is 0 Å². The summed E-state index contributed by atoms with van der Waals surface area (Å²) in [6, 6.07) is 0. The van der Waals surface area contributed by atoms with Crippen LogP contribution in [0.1, 0.15) is 40.0 Å². The van der Waals surface area contributed by atoms with Crippen LogP contribution in [0, 0.1) is 0 Å². The Labute approximate surface area is 80.1 Å². The zero-order valence-corrected chi connectivity index (χ0v) is 8.75. The molecule has 0 radical (unpaired) electrons. The van der Waals surface area contributed by atoms with Crippen LogP contribution in [0.25, 0.3) is 0 Å². The number of nitrogens with zero attached hydrogens (tertiary/aromatic N) is 1. The number of oxime groups is 1. The highest BCUT2D eigenvalue weighted by Gasteiger charge is 2.14. The Morgan fingerprint density at radius 3 is 3.08 bits per heavy atom. The van der Waals surface area contributed by atoms with Gasteiger partial charge in [-0.05, 0) is 20.3 Å². The van der Waals surface area contributed by atoms with Crippen molar-refractivity contribution in [3.63, 3.8) is 0 Å². The molecular weight excluding hydrogens is 166 g/mol. The maximum atomic E-state index is 5.40. The van der Waals surface area contributed by atoms with Gasteiger partial charge in [-0.15, -0.1) is 0 Å². The van der Waals surface area contributed by atoms with E-state index in [0.29, 0.717) is 6.10 Å². The molecule has 1 heterocycles. The maximum absolute atomic E-state index is 5.40. The van der Waals surface area contributed by atoms with Crippen molar-refractivity contribution in [2.75, 3.05) is 6.61 Å². The summed E-state index contributed by atoms with van der Waals surface area (Å²) in [5, 5.41) is 4.14. The summed E-state index contributed by atoms with van der Waals surface area (Å²) in [4.78, 5) is 5.31. The van der Waals surface area contributed by atoms with E-state index in [-0.39, 0.29) is 6.10 Å². The highest BCUT2D eigenvalue weighted by molar-refractivity contribution is 5.84. The first-order valence-corrected chi connectivity index (χ1v) is 5.05. The van der Waals surface area contributed by atoms with Gasteiger partial charge >= 0.3 is 0 Å². The summed E-state index contributed by atoms with van der Waals surface area (Å²) in [5.74, 6) is 0. The molecule has 0 bridgehead atoms. The topological polar surface area (TPSA) is 30.8 Å². The second-order valence-corrected chi connectivity index (χ2v) is 3.62. The molecule has 0 amide bonds. The number of ether oxygens (including phenoxy) is 1. The van der Waals surface area contributed by atoms with Crippen molar-refractivity contribution in [1.82, 2.24) is 0 Å². The smallest absolute Gasteiger partial charge is 0.124 e. The van der Waals surface area contributed by atoms with Crippen LogP contribution < -0.4 is 0 Å². The van der Waals surface area contributed by atoms with Crippen LogP contribution >= 0.6 is 0 Å². The van der Waals surface area contributed by atoms with E-state index in [1.807, 2.05) is 6.92 Å². The summed E-state index contributed by atoms with van der Waals surface area (Å²) in [6.07, 6.45) is 3.36. The van der Waals surface area contributed by atoms with Crippen LogP contribution in [0.15, 0.2) is 5.16 Å². The van der Waals surface area contributed by atoms with Crippen LogP contribution in [0.5, 0.6) is 0 Å². The molecule has 0 spiro atoms. The molecule has 1 aliphatic rings. The third kappa shape index (κ3) is 3.77. The molecule has 3 heteroatoms. The fourth-order valence-electron chi connectivity index (χ4n) is 1.19. The summed E-state index contributed by atoms with van der Waals surface area (Å²) in [7, 11) is 0. The normalized spacial score (nSPS) is 28.8. The van der Waals surface area contributed by atoms with Gasteiger partial charge in [0.1, 0.15) is 6.10 Å². The highest BCUT2D eigenvalue weighted by atomic mass is 16.6. The van der Waals surface area contributed by atoms with E-state index in [1.54, 1.807) is 0 Å². The van der Waals surface area contributed by atoms with Gasteiger partial charge in [-0.2, -0.15) is 0 Å². The Morgan fingerprint density at radius 1 is 1.69 bits per heavy atom. The van der Waals surface area contributed by atoms with E-state index in [0.717, 1.165) is 31.6 Å². The lowest BCUT2D eigenvalue weighted by atomic mass is 10.1. The van der Waals surface area contributed by atoms with Crippen molar-refractivity contribution < 1.29 is 9.57 Å². The van der Waals surface area contributed by atoms with Crippen molar-refractivity contribution in [2.24, 2.45) is 5.16 Å². The van der Waals surface area contributed by atoms with Crippen LogP contribution in [0.3, 0.4) is 0 Å². The Hall–Kier alpha value is -0.570. The van der Waals surface area contributed by atoms with Gasteiger partial charge in [0.15, 0.2) is 0 Å². The number of rotatable bonds is 3. The zero-order valence-electron chi connectivity index (χ0n) is 8.75. The molecule has 0 aromatic heterocycles. The molecule has 2 atom stereocenters. The lowest BCUT2D eigenvalue weighted by Crippen LogP contribution is -2.23. The highest BCUT2D eigenvalue weighted by Crippen LogP contribution is 2.11. The molecule has 1 saturated heterocycles. The Balaban J connectivity index is 2.32. The first-order valence-electron chi connectivity index (χ1n) is 5.05. The van der Waals surface area contributed by atoms with Gasteiger partial charge in [0.25, 0.3) is 0 Å². The van der Waals surface area contributed by atoms with Crippen molar-refractivity contribution in [2.45, 2.75) is 52.2 Å². The summed E-state index contributed by atoms with van der Waals surface area (Å²) in [6.45, 7) is 6.98. The maximum Gasteiger partial charge on any atom is 0.124 e. The quantitative estimate of drug-likeness (QED) is 0.632. The Kier molecular flexibility index (Phi) is 4.22. The first kappa shape index (κ1) is 10.5. The Bertz CT molecular complexity index is 180. The lowest BCUT2D eigenvalue weighted by Gasteiger charge is -2.20. The molecule has 1 aliphatic heterocycles. The van der Waals surface area contributed by atoms with E-state index in [4.69, 9.17) is 9.57 Å². The number of hydrogen-bond donors (Lipinski definition) is 0. The van der Waals surface area contributed by atoms with Gasteiger partial charge in [-0.3, -0.25) is 0 Å². The third-order valence-corrected chi connectivity index (χ3v) is 2.25. The molecule has 0 saturated carbocycles. The van der Waals surface area contributed by atoms with E-state index in [1.165, 1.54) is 0 Å². The summed E-state index contributed by atoms with van der Waals surface area (Å²) in [5.41, 5.74) is 1.14. The lowest BCUT2D eigenvalue weighted by molar-refractivity contribution is 0.0477. The second-order valence-electron chi connectivity index (χ2n) is 3.62. The fraction of sp³-hybridized carbons (Fsp3) is 0.900. The zero-order chi connectivity index (χ0) is 9.68. The summed E-state index contributed by atoms with van der Waals surface area (Å²) >= 11 is 0. The van der Waals surface area contributed by atoms with E-state index in [9.17, 15) is 0 Å². The first-order chi connectivity index (χ1) is 6.22. The molecule has 0 aromatic rings. The molecule has 2 unspecified atom stereocenters. The van der Waals surface area contributed by atoms with E-state index >= 15 is 0 Å². The average Bonchev–Trinajstić information content (AvgIpc) is 2.14. The molecule has 13 heavy (non-hydrogen) atoms. The van der Waals surface area contributed by atoms with Crippen LogP contribution in [0.2, 0.25) is 0 Å². The van der Waals surface area contributed by atoms with Gasteiger partial charge in [0.05, 0.1) is 18.4 Å². The molecule has 76 valence electrons. The van der Waals surface area contributed by atoms with E-state index in [2.05, 4.69) is 19.0 Å². The van der Waals surface area contributed by atoms with Crippen LogP contribution in [0.4, 0.5) is 0 Å². The molecule has 1 rings (SSSR count). The molecular formula is C10H19NO2. The van der Waals surface area contributed by atoms with Gasteiger partial charge in [0, 0.05) is 12.8 Å². The van der Waals surface area contributed by atoms with Gasteiger partial charge < -0.3 is 9.57 Å². The molecule has 0 aliphatic carbocycles. The van der Waals surface area contributed by atoms with Crippen LogP contribution in [-0.2, 0) is 9.57 Å². The molecule has 1 fully saturated rings. The van der Waals surface area contributed by atoms with Crippen molar-refractivity contribution >= 4 is 5.71 Å². The molecule has 0 aromatic carbocycles. The third-order valence-electron chi connectivity index (χ3n) is 2.25. The minimum Gasteiger partial charge on any atom is -0.393 e. The van der Waals surface area contributed by atoms with Gasteiger partial charge in [-0.25, -0.2) is 0 Å². The molecule has 0 N–H and O–H groups in total. The average molecular weight is 185 g/mol. The number of hydrogen-bond acceptors (Lipinski definition) is 3. The standard InChI is InChI=1S/C10H19NO2/c1-4-8(2)13-11-10-5-6-12-9(3)7-10/h8-9H,4-7H2,1-3H3/b11-10+. The molecule has 3 nitrogen and oxygen atoms in total. The van der Waals surface area contributed by atoms with Gasteiger partial charge in [-0.1, -0.05) is 12.1 Å². The second kappa shape index (κ2) is 5.22. The monoisotopic (exact) mass is 185 g/mol. The minimum atomic E-state index is 0.227. The predicted octanol–water partition coefficient (Wildman–Crippen LogP) is 2.36. The summed E-state index contributed by atoms with van der Waals surface area (Å²) < 4.78 is 5.40. The Morgan fingerprint density at radius 2 is 2.46 bits per heavy atom. The van der Waals surface area contributed by atoms with E-state index < -0.39 is 0 Å². The fourth-order valence-corrected chi connectivity index (χ4v) is 1.19. The van der Waals surface area contributed by atoms with Crippen molar-refractivity contribution in [1.29, 1.82) is 0 Å². The largest absolute Gasteiger partial charge is 0.393 e. The van der Waals surface area contributed by atoms with Crippen molar-refractivity contribution in [3.05, 3.63) is 0 Å². The SMILES string of the molecule is CCC(C)O/N=C1\CCOC(C)C1. The van der Waals surface area contributed by atoms with Crippen molar-refractivity contribution in [3.8, 4) is 0 Å². The predicted molar refractivity (Wildman–Crippen MR) is 52.9 cm³/mol.